The molecule has 1 aliphatic rings. The zero-order chi connectivity index (χ0) is 22.1. The quantitative estimate of drug-likeness (QED) is 0.283. The monoisotopic (exact) mass is 565 g/mol. The van der Waals surface area contributed by atoms with E-state index >= 15 is 0 Å². The molecule has 0 bridgehead atoms. The van der Waals surface area contributed by atoms with E-state index in [-0.39, 0.29) is 29.7 Å². The average Bonchev–Trinajstić information content (AvgIpc) is 3.27. The molecule has 0 spiro atoms. The first-order chi connectivity index (χ1) is 15.1. The maximum atomic E-state index is 12.9. The van der Waals surface area contributed by atoms with E-state index in [0.717, 1.165) is 50.8 Å². The van der Waals surface area contributed by atoms with E-state index in [0.29, 0.717) is 24.5 Å². The summed E-state index contributed by atoms with van der Waals surface area (Å²) >= 11 is 0. The minimum atomic E-state index is -2.91. The summed E-state index contributed by atoms with van der Waals surface area (Å²) in [7, 11) is 1.71. The third-order valence-electron chi connectivity index (χ3n) is 4.92. The molecule has 0 aliphatic carbocycles. The highest BCUT2D eigenvalue weighted by atomic mass is 127. The summed E-state index contributed by atoms with van der Waals surface area (Å²) in [6, 6.07) is 6.87. The van der Waals surface area contributed by atoms with Crippen molar-refractivity contribution < 1.29 is 22.8 Å². The van der Waals surface area contributed by atoms with Crippen molar-refractivity contribution in [3.63, 3.8) is 0 Å². The lowest BCUT2D eigenvalue weighted by Gasteiger charge is -2.36. The number of guanidine groups is 1. The predicted octanol–water partition coefficient (Wildman–Crippen LogP) is 3.58. The molecule has 1 saturated heterocycles. The first-order valence-corrected chi connectivity index (χ1v) is 10.4. The number of halogens is 3. The number of nitrogens with zero attached hydrogens (tertiary/aromatic N) is 4. The van der Waals surface area contributed by atoms with Crippen molar-refractivity contribution in [1.29, 1.82) is 0 Å². The van der Waals surface area contributed by atoms with Gasteiger partial charge in [0.25, 0.3) is 0 Å². The molecule has 11 heteroatoms. The third kappa shape index (κ3) is 7.76. The molecular formula is C21H30F2IN5O3. The molecule has 0 saturated carbocycles. The van der Waals surface area contributed by atoms with Crippen molar-refractivity contribution in [3.05, 3.63) is 41.8 Å². The highest BCUT2D eigenvalue weighted by Crippen LogP contribution is 2.27. The van der Waals surface area contributed by atoms with Gasteiger partial charge in [-0.05, 0) is 18.6 Å². The summed E-state index contributed by atoms with van der Waals surface area (Å²) < 4.78 is 40.9. The highest BCUT2D eigenvalue weighted by molar-refractivity contribution is 14.0. The molecule has 178 valence electrons. The van der Waals surface area contributed by atoms with Gasteiger partial charge in [0.15, 0.2) is 5.96 Å². The van der Waals surface area contributed by atoms with Gasteiger partial charge in [-0.15, -0.1) is 24.0 Å². The van der Waals surface area contributed by atoms with Crippen molar-refractivity contribution in [3.8, 4) is 11.5 Å². The number of benzene rings is 1. The molecule has 1 aromatic carbocycles. The van der Waals surface area contributed by atoms with Crippen LogP contribution in [0.15, 0.2) is 40.0 Å². The molecule has 32 heavy (non-hydrogen) atoms. The lowest BCUT2D eigenvalue weighted by atomic mass is 10.2. The summed E-state index contributed by atoms with van der Waals surface area (Å²) in [5.41, 5.74) is 1.52. The summed E-state index contributed by atoms with van der Waals surface area (Å²) in [5.74, 6) is 1.33. The van der Waals surface area contributed by atoms with E-state index in [4.69, 9.17) is 14.0 Å². The van der Waals surface area contributed by atoms with Crippen LogP contribution in [0.2, 0.25) is 0 Å². The summed E-state index contributed by atoms with van der Waals surface area (Å²) in [6.07, 6.45) is 2.41. The smallest absolute Gasteiger partial charge is 0.387 e. The molecule has 1 N–H and O–H groups in total. The summed E-state index contributed by atoms with van der Waals surface area (Å²) in [5, 5.41) is 7.21. The van der Waals surface area contributed by atoms with Crippen LogP contribution in [0, 0.1) is 0 Å². The molecule has 1 aromatic heterocycles. The molecule has 0 amide bonds. The summed E-state index contributed by atoms with van der Waals surface area (Å²) in [6.45, 7) is 3.95. The second-order valence-electron chi connectivity index (χ2n) is 7.15. The SMILES string of the molecule is CCCOc1ccc(CNC(=NC)N2CCN(Cc3ccon3)CC2)c(OC(F)F)c1.I. The van der Waals surface area contributed by atoms with Gasteiger partial charge in [-0.25, -0.2) is 0 Å². The van der Waals surface area contributed by atoms with E-state index in [1.807, 2.05) is 13.0 Å². The first kappa shape index (κ1) is 26.1. The Morgan fingerprint density at radius 1 is 1.25 bits per heavy atom. The van der Waals surface area contributed by atoms with E-state index < -0.39 is 6.61 Å². The van der Waals surface area contributed by atoms with Crippen LogP contribution in [0.25, 0.3) is 0 Å². The van der Waals surface area contributed by atoms with E-state index in [9.17, 15) is 8.78 Å². The number of alkyl halides is 2. The van der Waals surface area contributed by atoms with Gasteiger partial charge in [0.2, 0.25) is 0 Å². The molecule has 0 unspecified atom stereocenters. The Kier molecular flexibility index (Phi) is 10.9. The van der Waals surface area contributed by atoms with Crippen LogP contribution in [-0.2, 0) is 13.1 Å². The van der Waals surface area contributed by atoms with Gasteiger partial charge in [0.05, 0.1) is 12.3 Å². The van der Waals surface area contributed by atoms with Gasteiger partial charge in [0.1, 0.15) is 17.8 Å². The molecule has 0 radical (unpaired) electrons. The standard InChI is InChI=1S/C21H29F2N5O3.HI/c1-3-11-29-18-5-4-16(19(13-18)31-20(22)23)14-25-21(24-2)28-9-7-27(8-10-28)15-17-6-12-30-26-17;/h4-6,12-13,20H,3,7-11,14-15H2,1-2H3,(H,24,25);1H. The lowest BCUT2D eigenvalue weighted by molar-refractivity contribution is -0.0505. The Hall–Kier alpha value is -2.15. The van der Waals surface area contributed by atoms with Crippen LogP contribution < -0.4 is 14.8 Å². The summed E-state index contributed by atoms with van der Waals surface area (Å²) in [4.78, 5) is 8.79. The van der Waals surface area contributed by atoms with Crippen LogP contribution in [0.4, 0.5) is 8.78 Å². The average molecular weight is 565 g/mol. The van der Waals surface area contributed by atoms with Crippen LogP contribution in [0.3, 0.4) is 0 Å². The Bertz CT molecular complexity index is 831. The van der Waals surface area contributed by atoms with Gasteiger partial charge in [-0.3, -0.25) is 9.89 Å². The Balaban J connectivity index is 0.00000363. The number of ether oxygens (including phenoxy) is 2. The lowest BCUT2D eigenvalue weighted by Crippen LogP contribution is -2.52. The minimum absolute atomic E-state index is 0. The number of piperazine rings is 1. The number of aliphatic imine (C=N–C) groups is 1. The molecule has 1 aliphatic heterocycles. The van der Waals surface area contributed by atoms with E-state index in [2.05, 4.69) is 25.3 Å². The third-order valence-corrected chi connectivity index (χ3v) is 4.92. The van der Waals surface area contributed by atoms with Crippen molar-refractivity contribution in [1.82, 2.24) is 20.3 Å². The van der Waals surface area contributed by atoms with Crippen LogP contribution in [0.5, 0.6) is 11.5 Å². The number of aromatic nitrogens is 1. The minimum Gasteiger partial charge on any atom is -0.493 e. The van der Waals surface area contributed by atoms with Crippen molar-refractivity contribution in [2.24, 2.45) is 4.99 Å². The molecule has 1 fully saturated rings. The van der Waals surface area contributed by atoms with Crippen LogP contribution >= 0.6 is 24.0 Å². The fraction of sp³-hybridized carbons (Fsp3) is 0.524. The van der Waals surface area contributed by atoms with Gasteiger partial charge < -0.3 is 24.2 Å². The van der Waals surface area contributed by atoms with Crippen molar-refractivity contribution >= 4 is 29.9 Å². The maximum Gasteiger partial charge on any atom is 0.387 e. The number of hydrogen-bond donors (Lipinski definition) is 1. The number of hydrogen-bond acceptors (Lipinski definition) is 6. The fourth-order valence-electron chi connectivity index (χ4n) is 3.37. The number of nitrogens with one attached hydrogen (secondary N) is 1. The molecule has 3 rings (SSSR count). The van der Waals surface area contributed by atoms with Crippen molar-refractivity contribution in [2.45, 2.75) is 33.0 Å². The van der Waals surface area contributed by atoms with Gasteiger partial charge in [-0.1, -0.05) is 12.1 Å². The van der Waals surface area contributed by atoms with Gasteiger partial charge in [-0.2, -0.15) is 8.78 Å². The zero-order valence-electron chi connectivity index (χ0n) is 18.3. The molecule has 2 aromatic rings. The topological polar surface area (TPSA) is 75.4 Å². The zero-order valence-corrected chi connectivity index (χ0v) is 20.6. The van der Waals surface area contributed by atoms with E-state index in [1.54, 1.807) is 25.4 Å². The molecule has 2 heterocycles. The van der Waals surface area contributed by atoms with Crippen molar-refractivity contribution in [2.75, 3.05) is 39.8 Å². The van der Waals surface area contributed by atoms with Gasteiger partial charge >= 0.3 is 6.61 Å². The Labute approximate surface area is 203 Å². The second kappa shape index (κ2) is 13.4. The largest absolute Gasteiger partial charge is 0.493 e. The molecule has 8 nitrogen and oxygen atoms in total. The Morgan fingerprint density at radius 2 is 2.03 bits per heavy atom. The molecule has 0 atom stereocenters. The second-order valence-corrected chi connectivity index (χ2v) is 7.15. The molecular weight excluding hydrogens is 535 g/mol. The first-order valence-electron chi connectivity index (χ1n) is 10.4. The van der Waals surface area contributed by atoms with Crippen LogP contribution in [-0.4, -0.2) is 67.4 Å². The fourth-order valence-corrected chi connectivity index (χ4v) is 3.37. The van der Waals surface area contributed by atoms with E-state index in [1.165, 1.54) is 6.07 Å². The number of rotatable bonds is 9. The van der Waals surface area contributed by atoms with Gasteiger partial charge in [0, 0.05) is 64.0 Å². The normalized spacial score (nSPS) is 14.9. The maximum absolute atomic E-state index is 12.9. The van der Waals surface area contributed by atoms with Crippen LogP contribution in [0.1, 0.15) is 24.6 Å². The predicted molar refractivity (Wildman–Crippen MR) is 128 cm³/mol. The highest BCUT2D eigenvalue weighted by Gasteiger charge is 2.21. The Morgan fingerprint density at radius 3 is 2.66 bits per heavy atom.